The van der Waals surface area contributed by atoms with Gasteiger partial charge in [-0.25, -0.2) is 4.98 Å². The zero-order valence-corrected chi connectivity index (χ0v) is 11.5. The highest BCUT2D eigenvalue weighted by atomic mass is 32.1. The Bertz CT molecular complexity index is 711. The molecule has 0 aliphatic carbocycles. The van der Waals surface area contributed by atoms with Gasteiger partial charge in [-0.3, -0.25) is 14.9 Å². The van der Waals surface area contributed by atoms with Crippen molar-refractivity contribution in [2.45, 2.75) is 13.3 Å². The van der Waals surface area contributed by atoms with E-state index in [0.717, 1.165) is 12.0 Å². The average Bonchev–Trinajstić information content (AvgIpc) is 3.03. The monoisotopic (exact) mass is 289 g/mol. The van der Waals surface area contributed by atoms with E-state index in [9.17, 15) is 14.9 Å². The van der Waals surface area contributed by atoms with Crippen LogP contribution in [0.25, 0.3) is 0 Å². The molecule has 1 amide bonds. The molecule has 0 saturated carbocycles. The number of benzene rings is 1. The summed E-state index contributed by atoms with van der Waals surface area (Å²) in [4.78, 5) is 29.2. The molecule has 0 bridgehead atoms. The van der Waals surface area contributed by atoms with E-state index in [1.54, 1.807) is 23.4 Å². The van der Waals surface area contributed by atoms with E-state index in [4.69, 9.17) is 0 Å². The van der Waals surface area contributed by atoms with Crippen molar-refractivity contribution >= 4 is 28.6 Å². The molecular formula is C13H11N3O3S. The Hall–Kier alpha value is -2.28. The van der Waals surface area contributed by atoms with Gasteiger partial charge in [-0.2, -0.15) is 0 Å². The summed E-state index contributed by atoms with van der Waals surface area (Å²) in [7, 11) is 0. The smallest absolute Gasteiger partial charge is 0.271 e. The molecule has 1 aromatic heterocycles. The summed E-state index contributed by atoms with van der Waals surface area (Å²) in [5, 5.41) is 10.9. The number of non-ortho nitro benzene ring substituents is 1. The van der Waals surface area contributed by atoms with Gasteiger partial charge < -0.3 is 4.90 Å². The quantitative estimate of drug-likeness (QED) is 0.629. The van der Waals surface area contributed by atoms with Crippen molar-refractivity contribution in [2.75, 3.05) is 11.4 Å². The lowest BCUT2D eigenvalue weighted by Gasteiger charge is -2.16. The number of nitrogens with zero attached hydrogens (tertiary/aromatic N) is 3. The van der Waals surface area contributed by atoms with Gasteiger partial charge in [-0.1, -0.05) is 6.07 Å². The first-order chi connectivity index (χ1) is 9.58. The van der Waals surface area contributed by atoms with Crippen molar-refractivity contribution in [3.05, 3.63) is 50.0 Å². The van der Waals surface area contributed by atoms with Crippen LogP contribution in [0.3, 0.4) is 0 Å². The van der Waals surface area contributed by atoms with Crippen molar-refractivity contribution in [2.24, 2.45) is 0 Å². The molecule has 3 rings (SSSR count). The van der Waals surface area contributed by atoms with Gasteiger partial charge in [0, 0.05) is 18.7 Å². The Morgan fingerprint density at radius 1 is 1.50 bits per heavy atom. The first-order valence-corrected chi connectivity index (χ1v) is 6.95. The van der Waals surface area contributed by atoms with E-state index >= 15 is 0 Å². The van der Waals surface area contributed by atoms with Crippen LogP contribution in [0, 0.1) is 17.0 Å². The van der Waals surface area contributed by atoms with E-state index in [0.29, 0.717) is 22.8 Å². The van der Waals surface area contributed by atoms with Gasteiger partial charge in [0.05, 0.1) is 21.8 Å². The van der Waals surface area contributed by atoms with Crippen molar-refractivity contribution in [3.63, 3.8) is 0 Å². The number of aryl methyl sites for hydroxylation is 1. The van der Waals surface area contributed by atoms with Crippen LogP contribution in [0.5, 0.6) is 0 Å². The number of anilines is 1. The molecule has 0 fully saturated rings. The molecule has 1 aromatic carbocycles. The molecule has 0 N–H and O–H groups in total. The lowest BCUT2D eigenvalue weighted by molar-refractivity contribution is -0.384. The first kappa shape index (κ1) is 12.7. The van der Waals surface area contributed by atoms with Crippen LogP contribution in [0.4, 0.5) is 11.4 Å². The van der Waals surface area contributed by atoms with Gasteiger partial charge in [0.15, 0.2) is 0 Å². The van der Waals surface area contributed by atoms with Gasteiger partial charge in [-0.15, -0.1) is 11.3 Å². The van der Waals surface area contributed by atoms with Gasteiger partial charge in [0.1, 0.15) is 4.88 Å². The van der Waals surface area contributed by atoms with E-state index in [-0.39, 0.29) is 11.6 Å². The summed E-state index contributed by atoms with van der Waals surface area (Å²) in [6.45, 7) is 2.33. The maximum atomic E-state index is 12.5. The van der Waals surface area contributed by atoms with Crippen molar-refractivity contribution in [1.82, 2.24) is 4.98 Å². The van der Waals surface area contributed by atoms with E-state index in [1.807, 2.05) is 0 Å². The summed E-state index contributed by atoms with van der Waals surface area (Å²) < 4.78 is 0. The van der Waals surface area contributed by atoms with Crippen LogP contribution in [0.15, 0.2) is 23.7 Å². The maximum absolute atomic E-state index is 12.5. The number of nitro benzene ring substituents is 1. The fourth-order valence-electron chi connectivity index (χ4n) is 2.32. The second-order valence-corrected chi connectivity index (χ2v) is 5.40. The van der Waals surface area contributed by atoms with Crippen LogP contribution in [0.2, 0.25) is 0 Å². The third-order valence-corrected chi connectivity index (χ3v) is 4.28. The second-order valence-electron chi connectivity index (χ2n) is 4.54. The summed E-state index contributed by atoms with van der Waals surface area (Å²) in [5.74, 6) is -0.135. The Balaban J connectivity index is 2.00. The number of rotatable bonds is 2. The second kappa shape index (κ2) is 4.68. The average molecular weight is 289 g/mol. The molecular weight excluding hydrogens is 278 g/mol. The molecule has 2 aromatic rings. The third-order valence-electron chi connectivity index (χ3n) is 3.36. The molecule has 0 atom stereocenters. The number of thiazole rings is 1. The minimum Gasteiger partial charge on any atom is -0.307 e. The van der Waals surface area contributed by atoms with Gasteiger partial charge >= 0.3 is 0 Å². The number of amides is 1. The van der Waals surface area contributed by atoms with Gasteiger partial charge in [-0.05, 0) is 18.9 Å². The van der Waals surface area contributed by atoms with Crippen LogP contribution in [-0.4, -0.2) is 22.4 Å². The zero-order chi connectivity index (χ0) is 14.3. The van der Waals surface area contributed by atoms with Gasteiger partial charge in [0.25, 0.3) is 11.6 Å². The van der Waals surface area contributed by atoms with Gasteiger partial charge in [0.2, 0.25) is 0 Å². The number of nitro groups is 1. The molecule has 0 radical (unpaired) electrons. The molecule has 1 aliphatic rings. The molecule has 0 saturated heterocycles. The Labute approximate surface area is 118 Å². The minimum absolute atomic E-state index is 0.00414. The van der Waals surface area contributed by atoms with Crippen LogP contribution < -0.4 is 4.90 Å². The number of carbonyl (C=O) groups excluding carboxylic acids is 1. The fourth-order valence-corrected chi connectivity index (χ4v) is 3.07. The molecule has 102 valence electrons. The lowest BCUT2D eigenvalue weighted by Crippen LogP contribution is -2.28. The van der Waals surface area contributed by atoms with Crippen molar-refractivity contribution in [3.8, 4) is 0 Å². The van der Waals surface area contributed by atoms with E-state index < -0.39 is 4.92 Å². The number of fused-ring (bicyclic) bond motifs is 1. The highest BCUT2D eigenvalue weighted by Crippen LogP contribution is 2.33. The summed E-state index contributed by atoms with van der Waals surface area (Å²) >= 11 is 1.29. The predicted octanol–water partition coefficient (Wildman–Crippen LogP) is 2.56. The Kier molecular flexibility index (Phi) is 2.98. The molecule has 1 aliphatic heterocycles. The highest BCUT2D eigenvalue weighted by Gasteiger charge is 2.29. The van der Waals surface area contributed by atoms with Crippen molar-refractivity contribution < 1.29 is 9.72 Å². The summed E-state index contributed by atoms with van der Waals surface area (Å²) in [6, 6.07) is 4.67. The number of carbonyl (C=O) groups is 1. The summed E-state index contributed by atoms with van der Waals surface area (Å²) in [5.41, 5.74) is 3.93. The van der Waals surface area contributed by atoms with Crippen LogP contribution in [-0.2, 0) is 6.42 Å². The van der Waals surface area contributed by atoms with Crippen LogP contribution >= 0.6 is 11.3 Å². The summed E-state index contributed by atoms with van der Waals surface area (Å²) in [6.07, 6.45) is 0.719. The normalized spacial score (nSPS) is 13.3. The Morgan fingerprint density at radius 3 is 2.95 bits per heavy atom. The number of aromatic nitrogens is 1. The fraction of sp³-hybridized carbons (Fsp3) is 0.231. The molecule has 0 unspecified atom stereocenters. The molecule has 0 spiro atoms. The van der Waals surface area contributed by atoms with E-state index in [2.05, 4.69) is 4.98 Å². The SMILES string of the molecule is Cc1ncsc1C(=O)N1CCc2ccc([N+](=O)[O-])cc21. The van der Waals surface area contributed by atoms with Crippen molar-refractivity contribution in [1.29, 1.82) is 0 Å². The zero-order valence-electron chi connectivity index (χ0n) is 10.7. The first-order valence-electron chi connectivity index (χ1n) is 6.07. The number of hydrogen-bond donors (Lipinski definition) is 0. The maximum Gasteiger partial charge on any atom is 0.271 e. The Morgan fingerprint density at radius 2 is 2.30 bits per heavy atom. The topological polar surface area (TPSA) is 76.3 Å². The highest BCUT2D eigenvalue weighted by molar-refractivity contribution is 7.12. The molecule has 7 heteroatoms. The minimum atomic E-state index is -0.445. The van der Waals surface area contributed by atoms with E-state index in [1.165, 1.54) is 23.5 Å². The van der Waals surface area contributed by atoms with Crippen LogP contribution in [0.1, 0.15) is 20.9 Å². The standard InChI is InChI=1S/C13H11N3O3S/c1-8-12(20-7-14-8)13(17)15-5-4-9-2-3-10(16(18)19)6-11(9)15/h2-3,6-7H,4-5H2,1H3. The molecule has 20 heavy (non-hydrogen) atoms. The lowest BCUT2D eigenvalue weighted by atomic mass is 10.1. The number of hydrogen-bond acceptors (Lipinski definition) is 5. The third kappa shape index (κ3) is 1.96. The largest absolute Gasteiger partial charge is 0.307 e. The molecule has 6 nitrogen and oxygen atoms in total. The predicted molar refractivity (Wildman–Crippen MR) is 75.3 cm³/mol. The molecule has 2 heterocycles.